The second-order valence-electron chi connectivity index (χ2n) is 12.2. The number of benzene rings is 1. The van der Waals surface area contributed by atoms with Gasteiger partial charge < -0.3 is 25.0 Å². The van der Waals surface area contributed by atoms with Crippen molar-refractivity contribution >= 4 is 23.5 Å². The molecule has 1 aromatic heterocycles. The number of nitrogens with one attached hydrogen (secondary N) is 1. The number of piperazine rings is 1. The highest BCUT2D eigenvalue weighted by molar-refractivity contribution is 6.09. The van der Waals surface area contributed by atoms with Gasteiger partial charge in [0.15, 0.2) is 5.54 Å². The Morgan fingerprint density at radius 3 is 2.30 bits per heavy atom. The summed E-state index contributed by atoms with van der Waals surface area (Å²) in [5.41, 5.74) is -7.09. The molecule has 4 rings (SSSR count). The quantitative estimate of drug-likeness (QED) is 0.295. The molecule has 10 nitrogen and oxygen atoms in total. The van der Waals surface area contributed by atoms with E-state index in [1.165, 1.54) is 18.0 Å². The third-order valence-electron chi connectivity index (χ3n) is 8.31. The largest absolute Gasteiger partial charge is 0.489 e. The van der Waals surface area contributed by atoms with Gasteiger partial charge >= 0.3 is 18.4 Å². The smallest absolute Gasteiger partial charge is 0.430 e. The first-order chi connectivity index (χ1) is 21.7. The number of amides is 4. The number of hydrogen-bond donors (Lipinski definition) is 2. The van der Waals surface area contributed by atoms with E-state index >= 15 is 0 Å². The molecule has 3 heterocycles. The average Bonchev–Trinajstić information content (AvgIpc) is 3.19. The van der Waals surface area contributed by atoms with Crippen LogP contribution >= 0.6 is 0 Å². The molecule has 0 aliphatic carbocycles. The summed E-state index contributed by atoms with van der Waals surface area (Å²) in [6.07, 6.45) is -10.1. The van der Waals surface area contributed by atoms with Crippen LogP contribution in [-0.2, 0) is 27.1 Å². The summed E-state index contributed by atoms with van der Waals surface area (Å²) >= 11 is 0. The summed E-state index contributed by atoms with van der Waals surface area (Å²) in [7, 11) is 0. The normalized spacial score (nSPS) is 21.0. The van der Waals surface area contributed by atoms with Gasteiger partial charge in [0.1, 0.15) is 12.3 Å². The van der Waals surface area contributed by atoms with Gasteiger partial charge in [0, 0.05) is 36.9 Å². The first kappa shape index (κ1) is 35.8. The van der Waals surface area contributed by atoms with Crippen molar-refractivity contribution in [3.8, 4) is 5.75 Å². The van der Waals surface area contributed by atoms with E-state index in [4.69, 9.17) is 4.74 Å². The van der Waals surface area contributed by atoms with E-state index in [1.807, 2.05) is 13.8 Å². The number of imide groups is 1. The van der Waals surface area contributed by atoms with E-state index in [1.54, 1.807) is 30.9 Å². The number of aryl methyl sites for hydroxylation is 1. The average molecular weight is 674 g/mol. The lowest BCUT2D eigenvalue weighted by atomic mass is 9.89. The molecule has 16 heteroatoms. The van der Waals surface area contributed by atoms with E-state index < -0.39 is 59.5 Å². The Morgan fingerprint density at radius 1 is 1.11 bits per heavy atom. The Hall–Kier alpha value is -4.08. The second-order valence-corrected chi connectivity index (χ2v) is 12.2. The van der Waals surface area contributed by atoms with Crippen LogP contribution in [0.5, 0.6) is 5.75 Å². The van der Waals surface area contributed by atoms with Crippen LogP contribution in [0.2, 0.25) is 0 Å². The molecule has 0 saturated carbocycles. The number of anilines is 1. The first-order valence-corrected chi connectivity index (χ1v) is 15.1. The molecular weight excluding hydrogens is 636 g/mol. The molecule has 2 saturated heterocycles. The van der Waals surface area contributed by atoms with Crippen molar-refractivity contribution in [3.05, 3.63) is 53.3 Å². The van der Waals surface area contributed by atoms with Crippen LogP contribution in [0.4, 0.5) is 36.8 Å². The summed E-state index contributed by atoms with van der Waals surface area (Å²) in [6, 6.07) is 4.36. The molecule has 258 valence electrons. The van der Waals surface area contributed by atoms with Gasteiger partial charge in [0.05, 0.1) is 18.0 Å². The fourth-order valence-corrected chi connectivity index (χ4v) is 5.88. The van der Waals surface area contributed by atoms with Gasteiger partial charge in [-0.05, 0) is 57.9 Å². The SMILES string of the molecule is CCCc1cc(C(O)(C(F)(F)F)C(F)(F)F)ccc1N1CCN(C(=O)CN2C(=O)NC(C)(c3ccc(OC(C)C)cn3)C2=O)[C@H](C)C1. The number of aliphatic hydroxyl groups is 1. The van der Waals surface area contributed by atoms with Crippen molar-refractivity contribution < 1.29 is 50.6 Å². The highest BCUT2D eigenvalue weighted by atomic mass is 19.4. The number of ether oxygens (including phenoxy) is 1. The van der Waals surface area contributed by atoms with Crippen molar-refractivity contribution in [3.63, 3.8) is 0 Å². The minimum Gasteiger partial charge on any atom is -0.489 e. The molecule has 1 aromatic carbocycles. The number of urea groups is 1. The molecule has 47 heavy (non-hydrogen) atoms. The Morgan fingerprint density at radius 2 is 1.77 bits per heavy atom. The predicted molar refractivity (Wildman–Crippen MR) is 157 cm³/mol. The van der Waals surface area contributed by atoms with Crippen molar-refractivity contribution in [2.75, 3.05) is 31.1 Å². The summed E-state index contributed by atoms with van der Waals surface area (Å²) in [6.45, 7) is 8.45. The van der Waals surface area contributed by atoms with Crippen LogP contribution in [0.1, 0.15) is 57.9 Å². The van der Waals surface area contributed by atoms with E-state index in [9.17, 15) is 45.8 Å². The van der Waals surface area contributed by atoms with Crippen molar-refractivity contribution in [2.24, 2.45) is 0 Å². The number of pyridine rings is 1. The summed E-state index contributed by atoms with van der Waals surface area (Å²) in [4.78, 5) is 47.9. The molecule has 2 aliphatic heterocycles. The lowest BCUT2D eigenvalue weighted by Crippen LogP contribution is -2.56. The molecule has 2 fully saturated rings. The van der Waals surface area contributed by atoms with Crippen molar-refractivity contribution in [1.82, 2.24) is 20.1 Å². The van der Waals surface area contributed by atoms with Crippen LogP contribution in [0, 0.1) is 0 Å². The van der Waals surface area contributed by atoms with Gasteiger partial charge in [0.25, 0.3) is 11.5 Å². The molecule has 0 bridgehead atoms. The van der Waals surface area contributed by atoms with E-state index in [0.717, 1.165) is 17.0 Å². The molecular formula is C31H37F6N5O5. The number of alkyl halides is 6. The van der Waals surface area contributed by atoms with Gasteiger partial charge in [-0.1, -0.05) is 25.5 Å². The molecule has 2 aliphatic rings. The zero-order valence-electron chi connectivity index (χ0n) is 26.5. The van der Waals surface area contributed by atoms with E-state index in [0.29, 0.717) is 23.9 Å². The van der Waals surface area contributed by atoms with Crippen LogP contribution < -0.4 is 15.0 Å². The number of rotatable bonds is 9. The molecule has 0 radical (unpaired) electrons. The van der Waals surface area contributed by atoms with Gasteiger partial charge in [-0.2, -0.15) is 26.3 Å². The highest BCUT2D eigenvalue weighted by Gasteiger charge is 2.71. The molecule has 1 unspecified atom stereocenters. The van der Waals surface area contributed by atoms with Crippen LogP contribution in [0.25, 0.3) is 0 Å². The maximum atomic E-state index is 13.5. The fourth-order valence-electron chi connectivity index (χ4n) is 5.88. The third kappa shape index (κ3) is 6.69. The van der Waals surface area contributed by atoms with Gasteiger partial charge in [-0.3, -0.25) is 19.5 Å². The minimum absolute atomic E-state index is 0.0983. The van der Waals surface area contributed by atoms with Gasteiger partial charge in [-0.15, -0.1) is 0 Å². The highest BCUT2D eigenvalue weighted by Crippen LogP contribution is 2.50. The fraction of sp³-hybridized carbons (Fsp3) is 0.548. The number of aromatic nitrogens is 1. The zero-order valence-corrected chi connectivity index (χ0v) is 26.5. The summed E-state index contributed by atoms with van der Waals surface area (Å²) in [5, 5.41) is 12.5. The second kappa shape index (κ2) is 12.8. The molecule has 2 N–H and O–H groups in total. The summed E-state index contributed by atoms with van der Waals surface area (Å²) < 4.78 is 86.7. The zero-order chi connectivity index (χ0) is 35.1. The van der Waals surface area contributed by atoms with E-state index in [2.05, 4.69) is 10.3 Å². The first-order valence-electron chi connectivity index (χ1n) is 15.1. The number of carbonyl (C=O) groups excluding carboxylic acids is 3. The topological polar surface area (TPSA) is 115 Å². The van der Waals surface area contributed by atoms with Crippen molar-refractivity contribution in [1.29, 1.82) is 0 Å². The molecule has 2 aromatic rings. The number of hydrogen-bond acceptors (Lipinski definition) is 7. The maximum absolute atomic E-state index is 13.5. The minimum atomic E-state index is -6.01. The monoisotopic (exact) mass is 673 g/mol. The Balaban J connectivity index is 1.48. The molecule has 2 atom stereocenters. The van der Waals surface area contributed by atoms with Crippen LogP contribution in [0.3, 0.4) is 0 Å². The Kier molecular flexibility index (Phi) is 9.78. The van der Waals surface area contributed by atoms with Crippen molar-refractivity contribution in [2.45, 2.75) is 83.1 Å². The van der Waals surface area contributed by atoms with Crippen LogP contribution in [-0.4, -0.2) is 88.4 Å². The molecule has 4 amide bonds. The lowest BCUT2D eigenvalue weighted by molar-refractivity contribution is -0.376. The number of carbonyl (C=O) groups is 3. The molecule has 0 spiro atoms. The maximum Gasteiger partial charge on any atom is 0.430 e. The van der Waals surface area contributed by atoms with Gasteiger partial charge in [0.2, 0.25) is 5.91 Å². The predicted octanol–water partition coefficient (Wildman–Crippen LogP) is 4.64. The number of halogens is 6. The van der Waals surface area contributed by atoms with Gasteiger partial charge in [-0.25, -0.2) is 4.79 Å². The van der Waals surface area contributed by atoms with Crippen LogP contribution in [0.15, 0.2) is 36.5 Å². The van der Waals surface area contributed by atoms with E-state index in [-0.39, 0.29) is 43.4 Å². The number of nitrogens with zero attached hydrogens (tertiary/aromatic N) is 4. The lowest BCUT2D eigenvalue weighted by Gasteiger charge is -2.42. The Labute approximate surface area is 267 Å². The summed E-state index contributed by atoms with van der Waals surface area (Å²) in [5.74, 6) is -0.719. The third-order valence-corrected chi connectivity index (χ3v) is 8.31. The Bertz CT molecular complexity index is 1490. The standard InChI is InChI=1S/C31H37F6N5O5/c1-6-7-20-14-21(29(46,30(32,33)34)31(35,36)37)8-10-23(20)40-12-13-41(19(4)16-40)25(43)17-42-26(44)28(5,39-27(42)45)24-11-9-22(15-38-24)47-18(2)3/h8-11,14-15,18-19,46H,6-7,12-13,16-17H2,1-5H3,(H,39,45)/t19-,28?/m1/s1.